The second kappa shape index (κ2) is 8.08. The summed E-state index contributed by atoms with van der Waals surface area (Å²) < 4.78 is 5.97. The number of nitrogens with zero attached hydrogens (tertiary/aromatic N) is 1. The van der Waals surface area contributed by atoms with Crippen LogP contribution in [0.4, 0.5) is 5.00 Å². The summed E-state index contributed by atoms with van der Waals surface area (Å²) >= 11 is 10.9. The Hall–Kier alpha value is -1.41. The third-order valence-electron chi connectivity index (χ3n) is 4.13. The van der Waals surface area contributed by atoms with Crippen molar-refractivity contribution in [2.24, 2.45) is 0 Å². The summed E-state index contributed by atoms with van der Waals surface area (Å²) in [5.74, 6) is -0.751. The highest BCUT2D eigenvalue weighted by atomic mass is 79.9. The molecule has 1 N–H and O–H groups in total. The molecular weight excluding hydrogens is 440 g/mol. The van der Waals surface area contributed by atoms with Gasteiger partial charge in [-0.2, -0.15) is 0 Å². The number of fused-ring (bicyclic) bond motifs is 1. The molecule has 1 amide bonds. The van der Waals surface area contributed by atoms with Crippen molar-refractivity contribution in [1.29, 1.82) is 0 Å². The van der Waals surface area contributed by atoms with Crippen LogP contribution in [0.25, 0.3) is 0 Å². The first-order chi connectivity index (χ1) is 12.4. The largest absolute Gasteiger partial charge is 0.462 e. The lowest BCUT2D eigenvalue weighted by atomic mass is 10.0. The van der Waals surface area contributed by atoms with Crippen LogP contribution in [-0.2, 0) is 17.7 Å². The van der Waals surface area contributed by atoms with Crippen LogP contribution in [0.5, 0.6) is 0 Å². The van der Waals surface area contributed by atoms with Crippen molar-refractivity contribution in [3.05, 3.63) is 49.3 Å². The van der Waals surface area contributed by atoms with Crippen molar-refractivity contribution < 1.29 is 14.3 Å². The smallest absolute Gasteiger partial charge is 0.341 e. The fourth-order valence-corrected chi connectivity index (χ4v) is 4.76. The number of nitrogens with one attached hydrogen (secondary N) is 1. The summed E-state index contributed by atoms with van der Waals surface area (Å²) in [6, 6.07) is 5.08. The maximum absolute atomic E-state index is 12.7. The van der Waals surface area contributed by atoms with E-state index in [0.717, 1.165) is 34.4 Å². The number of halogens is 2. The number of hydrogen-bond acceptors (Lipinski definition) is 5. The van der Waals surface area contributed by atoms with Crippen molar-refractivity contribution >= 4 is 55.7 Å². The Balaban J connectivity index is 1.97. The zero-order valence-electron chi connectivity index (χ0n) is 14.4. The molecule has 0 aliphatic carbocycles. The number of likely N-dealkylation sites (N-methyl/N-ethyl adjacent to an activating group) is 1. The third kappa shape index (κ3) is 3.96. The summed E-state index contributed by atoms with van der Waals surface area (Å²) in [5, 5.41) is 3.73. The summed E-state index contributed by atoms with van der Waals surface area (Å²) in [5.41, 5.74) is 1.79. The Morgan fingerprint density at radius 3 is 2.92 bits per heavy atom. The SMILES string of the molecule is CCOC(=O)c1c(NC(=O)c2cc(Br)ccc2Cl)sc2c1CCN(C)C2. The Morgan fingerprint density at radius 2 is 2.19 bits per heavy atom. The number of rotatable bonds is 4. The van der Waals surface area contributed by atoms with Gasteiger partial charge in [-0.15, -0.1) is 11.3 Å². The molecule has 1 aromatic carbocycles. The minimum atomic E-state index is -0.398. The van der Waals surface area contributed by atoms with Crippen LogP contribution in [0.1, 0.15) is 38.1 Å². The Bertz CT molecular complexity index is 868. The number of anilines is 1. The van der Waals surface area contributed by atoms with Crippen molar-refractivity contribution in [3.8, 4) is 0 Å². The number of hydrogen-bond donors (Lipinski definition) is 1. The maximum Gasteiger partial charge on any atom is 0.341 e. The van der Waals surface area contributed by atoms with Crippen molar-refractivity contribution in [1.82, 2.24) is 4.90 Å². The van der Waals surface area contributed by atoms with Crippen molar-refractivity contribution in [2.45, 2.75) is 19.9 Å². The van der Waals surface area contributed by atoms with Gasteiger partial charge in [-0.05, 0) is 44.2 Å². The second-order valence-corrected chi connectivity index (χ2v) is 8.42. The zero-order valence-corrected chi connectivity index (χ0v) is 17.6. The molecule has 0 fully saturated rings. The van der Waals surface area contributed by atoms with Crippen LogP contribution in [0, 0.1) is 0 Å². The van der Waals surface area contributed by atoms with Crippen molar-refractivity contribution in [2.75, 3.05) is 25.5 Å². The molecule has 0 saturated heterocycles. The Morgan fingerprint density at radius 1 is 1.42 bits per heavy atom. The van der Waals surface area contributed by atoms with Gasteiger partial charge in [-0.1, -0.05) is 27.5 Å². The van der Waals surface area contributed by atoms with Gasteiger partial charge in [0.25, 0.3) is 5.91 Å². The van der Waals surface area contributed by atoms with E-state index in [9.17, 15) is 9.59 Å². The van der Waals surface area contributed by atoms with E-state index in [1.807, 2.05) is 7.05 Å². The van der Waals surface area contributed by atoms with E-state index in [4.69, 9.17) is 16.3 Å². The molecule has 0 radical (unpaired) electrons. The summed E-state index contributed by atoms with van der Waals surface area (Å²) in [7, 11) is 2.03. The lowest BCUT2D eigenvalue weighted by Crippen LogP contribution is -2.26. The zero-order chi connectivity index (χ0) is 18.8. The first kappa shape index (κ1) is 19.4. The van der Waals surface area contributed by atoms with Crippen LogP contribution in [0.2, 0.25) is 5.02 Å². The van der Waals surface area contributed by atoms with Gasteiger partial charge >= 0.3 is 5.97 Å². The lowest BCUT2D eigenvalue weighted by molar-refractivity contribution is 0.0526. The molecule has 0 unspecified atom stereocenters. The van der Waals surface area contributed by atoms with Gasteiger partial charge in [0.2, 0.25) is 0 Å². The predicted molar refractivity (Wildman–Crippen MR) is 107 cm³/mol. The fraction of sp³-hybridized carbons (Fsp3) is 0.333. The highest BCUT2D eigenvalue weighted by Gasteiger charge is 2.29. The molecule has 5 nitrogen and oxygen atoms in total. The quantitative estimate of drug-likeness (QED) is 0.683. The van der Waals surface area contributed by atoms with Gasteiger partial charge in [-0.25, -0.2) is 4.79 Å². The topological polar surface area (TPSA) is 58.6 Å². The molecule has 138 valence electrons. The molecule has 0 saturated carbocycles. The Labute approximate surface area is 169 Å². The maximum atomic E-state index is 12.7. The number of carbonyl (C=O) groups is 2. The average molecular weight is 458 g/mol. The molecule has 26 heavy (non-hydrogen) atoms. The van der Waals surface area contributed by atoms with Gasteiger partial charge in [0.05, 0.1) is 22.8 Å². The Kier molecular flexibility index (Phi) is 6.02. The van der Waals surface area contributed by atoms with Crippen LogP contribution in [-0.4, -0.2) is 37.0 Å². The first-order valence-corrected chi connectivity index (χ1v) is 10.2. The molecule has 2 heterocycles. The lowest BCUT2D eigenvalue weighted by Gasteiger charge is -2.22. The highest BCUT2D eigenvalue weighted by Crippen LogP contribution is 2.38. The minimum absolute atomic E-state index is 0.286. The van der Waals surface area contributed by atoms with Crippen LogP contribution in [0.3, 0.4) is 0 Å². The number of carbonyl (C=O) groups excluding carboxylic acids is 2. The molecule has 0 spiro atoms. The molecule has 0 atom stereocenters. The highest BCUT2D eigenvalue weighted by molar-refractivity contribution is 9.10. The number of esters is 1. The number of amides is 1. The molecule has 8 heteroatoms. The summed E-state index contributed by atoms with van der Waals surface area (Å²) in [4.78, 5) is 28.5. The molecule has 1 aromatic heterocycles. The second-order valence-electron chi connectivity index (χ2n) is 5.99. The van der Waals surface area contributed by atoms with Crippen LogP contribution < -0.4 is 5.32 Å². The predicted octanol–water partition coefficient (Wildman–Crippen LogP) is 4.58. The van der Waals surface area contributed by atoms with E-state index in [1.54, 1.807) is 25.1 Å². The van der Waals surface area contributed by atoms with Crippen molar-refractivity contribution in [3.63, 3.8) is 0 Å². The monoisotopic (exact) mass is 456 g/mol. The molecule has 1 aliphatic rings. The van der Waals surface area contributed by atoms with Gasteiger partial charge in [0, 0.05) is 22.4 Å². The number of thiophene rings is 1. The molecule has 3 rings (SSSR count). The minimum Gasteiger partial charge on any atom is -0.462 e. The van der Waals surface area contributed by atoms with Gasteiger partial charge in [-0.3, -0.25) is 4.79 Å². The molecule has 1 aliphatic heterocycles. The number of ether oxygens (including phenoxy) is 1. The van der Waals surface area contributed by atoms with Gasteiger partial charge < -0.3 is 15.0 Å². The fourth-order valence-electron chi connectivity index (χ4n) is 2.88. The van der Waals surface area contributed by atoms with E-state index in [1.165, 1.54) is 11.3 Å². The van der Waals surface area contributed by atoms with Gasteiger partial charge in [0.1, 0.15) is 5.00 Å². The summed E-state index contributed by atoms with van der Waals surface area (Å²) in [6.45, 7) is 3.67. The molecule has 2 aromatic rings. The molecular formula is C18H18BrClN2O3S. The van der Waals surface area contributed by atoms with E-state index in [2.05, 4.69) is 26.1 Å². The first-order valence-electron chi connectivity index (χ1n) is 8.17. The third-order valence-corrected chi connectivity index (χ3v) is 6.08. The van der Waals surface area contributed by atoms with E-state index < -0.39 is 5.97 Å². The molecule has 0 bridgehead atoms. The number of benzene rings is 1. The van der Waals surface area contributed by atoms with E-state index in [0.29, 0.717) is 21.2 Å². The van der Waals surface area contributed by atoms with Crippen LogP contribution in [0.15, 0.2) is 22.7 Å². The average Bonchev–Trinajstić information content (AvgIpc) is 2.94. The van der Waals surface area contributed by atoms with E-state index in [-0.39, 0.29) is 12.5 Å². The van der Waals surface area contributed by atoms with Gasteiger partial charge in [0.15, 0.2) is 0 Å². The standard InChI is InChI=1S/C18H18BrClN2O3S/c1-3-25-18(24)15-11-6-7-22(2)9-14(11)26-17(15)21-16(23)12-8-10(19)4-5-13(12)20/h4-5,8H,3,6-7,9H2,1-2H3,(H,21,23). The van der Waals surface area contributed by atoms with Crippen LogP contribution >= 0.6 is 38.9 Å². The normalized spacial score (nSPS) is 14.0. The summed E-state index contributed by atoms with van der Waals surface area (Å²) in [6.07, 6.45) is 0.754. The van der Waals surface area contributed by atoms with E-state index >= 15 is 0 Å².